The number of hydrogen-bond acceptors (Lipinski definition) is 3. The molecule has 0 spiro atoms. The summed E-state index contributed by atoms with van der Waals surface area (Å²) in [5.41, 5.74) is 7.17. The smallest absolute Gasteiger partial charge is 0.254 e. The Morgan fingerprint density at radius 3 is 3.00 bits per heavy atom. The van der Waals surface area contributed by atoms with Crippen LogP contribution in [-0.4, -0.2) is 22.6 Å². The van der Waals surface area contributed by atoms with Gasteiger partial charge in [0.25, 0.3) is 5.91 Å². The second-order valence-corrected chi connectivity index (χ2v) is 4.69. The van der Waals surface area contributed by atoms with Crippen LogP contribution in [0, 0.1) is 5.95 Å². The summed E-state index contributed by atoms with van der Waals surface area (Å²) in [5.74, 6) is -0.921. The Hall–Kier alpha value is -2.63. The van der Waals surface area contributed by atoms with Gasteiger partial charge in [-0.1, -0.05) is 6.08 Å². The first-order valence-electron chi connectivity index (χ1n) is 6.52. The van der Waals surface area contributed by atoms with Gasteiger partial charge in [0.1, 0.15) is 5.56 Å². The molecule has 1 aliphatic heterocycles. The van der Waals surface area contributed by atoms with Crippen LogP contribution in [-0.2, 0) is 6.54 Å². The number of pyridine rings is 1. The van der Waals surface area contributed by atoms with Crippen LogP contribution >= 0.6 is 0 Å². The highest BCUT2D eigenvalue weighted by atomic mass is 19.1. The molecule has 0 aromatic carbocycles. The van der Waals surface area contributed by atoms with Crippen LogP contribution in [0.1, 0.15) is 22.5 Å². The summed E-state index contributed by atoms with van der Waals surface area (Å²) in [5, 5.41) is 0. The number of halogens is 1. The number of allylic oxidation sites excluding steroid dienone is 1. The lowest BCUT2D eigenvalue weighted by Gasteiger charge is -2.14. The minimum Gasteiger partial charge on any atom is -0.494 e. The van der Waals surface area contributed by atoms with Gasteiger partial charge >= 0.3 is 0 Å². The van der Waals surface area contributed by atoms with Gasteiger partial charge in [-0.3, -0.25) is 4.79 Å². The number of rotatable bonds is 3. The first kappa shape index (κ1) is 13.4. The molecule has 0 saturated heterocycles. The molecule has 2 aromatic heterocycles. The highest BCUT2D eigenvalue weighted by Crippen LogP contribution is 2.40. The van der Waals surface area contributed by atoms with Gasteiger partial charge in [-0.2, -0.15) is 4.39 Å². The van der Waals surface area contributed by atoms with Crippen molar-refractivity contribution < 1.29 is 13.9 Å². The minimum absolute atomic E-state index is 0.270. The molecule has 6 heteroatoms. The summed E-state index contributed by atoms with van der Waals surface area (Å²) < 4.78 is 21.3. The molecule has 0 saturated carbocycles. The number of aromatic nitrogens is 2. The Morgan fingerprint density at radius 1 is 1.52 bits per heavy atom. The monoisotopic (exact) mass is 287 g/mol. The van der Waals surface area contributed by atoms with E-state index in [1.54, 1.807) is 12.1 Å². The summed E-state index contributed by atoms with van der Waals surface area (Å²) >= 11 is 0. The number of carbonyl (C=O) groups excluding carboxylic acids is 1. The van der Waals surface area contributed by atoms with Gasteiger partial charge in [-0.25, -0.2) is 4.98 Å². The molecule has 3 rings (SSSR count). The largest absolute Gasteiger partial charge is 0.494 e. The summed E-state index contributed by atoms with van der Waals surface area (Å²) in [4.78, 5) is 15.4. The molecular formula is C15H14FN3O2. The van der Waals surface area contributed by atoms with Gasteiger partial charge in [-0.05, 0) is 24.6 Å². The van der Waals surface area contributed by atoms with Gasteiger partial charge in [0, 0.05) is 12.7 Å². The Balaban J connectivity index is 2.38. The Bertz CT molecular complexity index is 750. The van der Waals surface area contributed by atoms with E-state index in [2.05, 4.69) is 4.98 Å². The van der Waals surface area contributed by atoms with E-state index in [1.165, 1.54) is 13.3 Å². The number of methoxy groups -OCH3 is 1. The molecule has 3 heterocycles. The van der Waals surface area contributed by atoms with Gasteiger partial charge in [0.15, 0.2) is 5.75 Å². The predicted octanol–water partition coefficient (Wildman–Crippen LogP) is 2.21. The molecule has 0 unspecified atom stereocenters. The first-order valence-corrected chi connectivity index (χ1v) is 6.52. The van der Waals surface area contributed by atoms with Crippen molar-refractivity contribution in [3.8, 4) is 17.0 Å². The summed E-state index contributed by atoms with van der Waals surface area (Å²) in [7, 11) is 1.44. The van der Waals surface area contributed by atoms with Crippen molar-refractivity contribution >= 4 is 12.0 Å². The molecule has 21 heavy (non-hydrogen) atoms. The normalized spacial score (nSPS) is 13.0. The van der Waals surface area contributed by atoms with Crippen molar-refractivity contribution in [2.45, 2.75) is 13.0 Å². The van der Waals surface area contributed by atoms with Crippen molar-refractivity contribution in [1.82, 2.24) is 9.55 Å². The molecule has 0 bridgehead atoms. The van der Waals surface area contributed by atoms with Gasteiger partial charge in [0.2, 0.25) is 5.95 Å². The third kappa shape index (κ3) is 1.99. The molecule has 0 atom stereocenters. The quantitative estimate of drug-likeness (QED) is 0.880. The lowest BCUT2D eigenvalue weighted by molar-refractivity contribution is 0.0997. The number of nitrogens with two attached hydrogens (primary N) is 1. The number of primary amides is 1. The van der Waals surface area contributed by atoms with E-state index in [9.17, 15) is 9.18 Å². The van der Waals surface area contributed by atoms with E-state index in [0.717, 1.165) is 6.42 Å². The van der Waals surface area contributed by atoms with Crippen molar-refractivity contribution in [3.05, 3.63) is 41.6 Å². The first-order chi connectivity index (χ1) is 10.1. The average molecular weight is 287 g/mol. The zero-order valence-corrected chi connectivity index (χ0v) is 11.5. The maximum absolute atomic E-state index is 14.1. The number of ether oxygens (including phenoxy) is 1. The predicted molar refractivity (Wildman–Crippen MR) is 76.3 cm³/mol. The summed E-state index contributed by atoms with van der Waals surface area (Å²) in [6, 6.07) is 3.25. The fourth-order valence-corrected chi connectivity index (χ4v) is 2.68. The van der Waals surface area contributed by atoms with E-state index in [1.807, 2.05) is 16.7 Å². The van der Waals surface area contributed by atoms with E-state index in [-0.39, 0.29) is 11.3 Å². The van der Waals surface area contributed by atoms with Crippen molar-refractivity contribution in [2.75, 3.05) is 7.11 Å². The molecular weight excluding hydrogens is 273 g/mol. The van der Waals surface area contributed by atoms with Crippen molar-refractivity contribution in [1.29, 1.82) is 0 Å². The lowest BCUT2D eigenvalue weighted by Crippen LogP contribution is -2.14. The number of carbonyl (C=O) groups is 1. The second-order valence-electron chi connectivity index (χ2n) is 4.69. The maximum Gasteiger partial charge on any atom is 0.254 e. The second kappa shape index (κ2) is 5.05. The lowest BCUT2D eigenvalue weighted by atomic mass is 10.1. The molecule has 2 aromatic rings. The average Bonchev–Trinajstić information content (AvgIpc) is 2.82. The van der Waals surface area contributed by atoms with E-state index in [0.29, 0.717) is 23.5 Å². The Morgan fingerprint density at radius 2 is 2.33 bits per heavy atom. The van der Waals surface area contributed by atoms with Gasteiger partial charge < -0.3 is 15.0 Å². The number of hydrogen-bond donors (Lipinski definition) is 1. The zero-order valence-electron chi connectivity index (χ0n) is 11.5. The third-order valence-electron chi connectivity index (χ3n) is 3.52. The van der Waals surface area contributed by atoms with Crippen LogP contribution in [0.2, 0.25) is 0 Å². The maximum atomic E-state index is 14.1. The topological polar surface area (TPSA) is 70.1 Å². The van der Waals surface area contributed by atoms with E-state index < -0.39 is 11.9 Å². The number of nitrogens with zero attached hydrogens (tertiary/aromatic N) is 2. The molecule has 0 fully saturated rings. The highest BCUT2D eigenvalue weighted by Gasteiger charge is 2.29. The fourth-order valence-electron chi connectivity index (χ4n) is 2.68. The summed E-state index contributed by atoms with van der Waals surface area (Å²) in [6.45, 7) is 0.624. The standard InChI is InChI=1S/C15H14FN3O2/c1-21-13-11(15(17)20)10-6-2-3-8-19(10)12(13)9-5-4-7-18-14(9)16/h2,4-7H,3,8H2,1H3,(H2,17,20). The van der Waals surface area contributed by atoms with E-state index in [4.69, 9.17) is 10.5 Å². The van der Waals surface area contributed by atoms with Gasteiger partial charge in [-0.15, -0.1) is 0 Å². The van der Waals surface area contributed by atoms with Crippen LogP contribution < -0.4 is 10.5 Å². The van der Waals surface area contributed by atoms with Crippen molar-refractivity contribution in [2.24, 2.45) is 5.73 Å². The van der Waals surface area contributed by atoms with Crippen LogP contribution in [0.3, 0.4) is 0 Å². The Labute approximate surface area is 120 Å². The van der Waals surface area contributed by atoms with Crippen LogP contribution in [0.5, 0.6) is 5.75 Å². The highest BCUT2D eigenvalue weighted by molar-refractivity contribution is 6.02. The SMILES string of the molecule is COc1c(C(N)=O)c2n(c1-c1cccnc1F)CCC=C2. The minimum atomic E-state index is -0.610. The van der Waals surface area contributed by atoms with Gasteiger partial charge in [0.05, 0.1) is 24.1 Å². The van der Waals surface area contributed by atoms with Crippen LogP contribution in [0.15, 0.2) is 24.4 Å². The van der Waals surface area contributed by atoms with Crippen LogP contribution in [0.4, 0.5) is 4.39 Å². The third-order valence-corrected chi connectivity index (χ3v) is 3.52. The van der Waals surface area contributed by atoms with Crippen LogP contribution in [0.25, 0.3) is 17.3 Å². The fraction of sp³-hybridized carbons (Fsp3) is 0.200. The molecule has 1 aliphatic rings. The Kier molecular flexibility index (Phi) is 3.21. The molecule has 5 nitrogen and oxygen atoms in total. The molecule has 0 radical (unpaired) electrons. The summed E-state index contributed by atoms with van der Waals surface area (Å²) in [6.07, 6.45) is 5.92. The zero-order chi connectivity index (χ0) is 15.0. The molecule has 1 amide bonds. The number of amides is 1. The van der Waals surface area contributed by atoms with E-state index >= 15 is 0 Å². The number of fused-ring (bicyclic) bond motifs is 1. The van der Waals surface area contributed by atoms with Crippen molar-refractivity contribution in [3.63, 3.8) is 0 Å². The molecule has 2 N–H and O–H groups in total. The molecule has 0 aliphatic carbocycles. The molecule has 108 valence electrons.